The summed E-state index contributed by atoms with van der Waals surface area (Å²) in [6.45, 7) is 3.79. The fourth-order valence-electron chi connectivity index (χ4n) is 3.22. The highest BCUT2D eigenvalue weighted by Crippen LogP contribution is 2.29. The van der Waals surface area contributed by atoms with E-state index in [0.717, 1.165) is 27.8 Å². The third-order valence-electron chi connectivity index (χ3n) is 4.59. The fourth-order valence-corrected chi connectivity index (χ4v) is 3.22. The second-order valence-electron chi connectivity index (χ2n) is 6.64. The highest BCUT2D eigenvalue weighted by atomic mass is 16.1. The first-order valence-corrected chi connectivity index (χ1v) is 8.85. The quantitative estimate of drug-likeness (QED) is 0.593. The van der Waals surface area contributed by atoms with Crippen molar-refractivity contribution in [2.24, 2.45) is 11.5 Å². The highest BCUT2D eigenvalue weighted by Gasteiger charge is 2.15. The lowest BCUT2D eigenvalue weighted by atomic mass is 9.91. The van der Waals surface area contributed by atoms with Gasteiger partial charge in [-0.05, 0) is 60.4 Å². The minimum atomic E-state index is -0.453. The van der Waals surface area contributed by atoms with Gasteiger partial charge in [0.15, 0.2) is 0 Å². The van der Waals surface area contributed by atoms with Gasteiger partial charge in [0.1, 0.15) is 0 Å². The van der Waals surface area contributed by atoms with Crippen molar-refractivity contribution in [3.8, 4) is 11.1 Å². The first-order chi connectivity index (χ1) is 13.4. The predicted octanol–water partition coefficient (Wildman–Crippen LogP) is 3.91. The number of aryl methyl sites for hydroxylation is 1. The Kier molecular flexibility index (Phi) is 5.36. The lowest BCUT2D eigenvalue weighted by Gasteiger charge is -2.15. The molecule has 1 heterocycles. The predicted molar refractivity (Wildman–Crippen MR) is 113 cm³/mol. The number of hydrogen-bond donors (Lipinski definition) is 3. The molecule has 5 N–H and O–H groups in total. The van der Waals surface area contributed by atoms with E-state index < -0.39 is 5.91 Å². The van der Waals surface area contributed by atoms with Crippen LogP contribution in [0.2, 0.25) is 0 Å². The van der Waals surface area contributed by atoms with Crippen LogP contribution in [0.5, 0.6) is 0 Å². The molecular formula is C23H22N4O. The molecule has 1 aromatic heterocycles. The summed E-state index contributed by atoms with van der Waals surface area (Å²) in [4.78, 5) is 15.5. The van der Waals surface area contributed by atoms with E-state index in [0.29, 0.717) is 22.5 Å². The lowest BCUT2D eigenvalue weighted by molar-refractivity contribution is 0.100. The SMILES string of the molecule is C/C(N)=C(/C(=N)c1ccncc1)c1ccc(-c2cccc(C(N)=O)c2)c(C)c1. The van der Waals surface area contributed by atoms with E-state index in [1.54, 1.807) is 43.6 Å². The Morgan fingerprint density at radius 1 is 0.929 bits per heavy atom. The number of carbonyl (C=O) groups excluding carboxylic acids is 1. The number of benzene rings is 2. The Bertz CT molecular complexity index is 1080. The summed E-state index contributed by atoms with van der Waals surface area (Å²) < 4.78 is 0. The first kappa shape index (κ1) is 19.0. The molecule has 0 saturated carbocycles. The van der Waals surface area contributed by atoms with E-state index in [9.17, 15) is 4.79 Å². The van der Waals surface area contributed by atoms with Crippen molar-refractivity contribution in [2.45, 2.75) is 13.8 Å². The Balaban J connectivity index is 2.03. The van der Waals surface area contributed by atoms with Gasteiger partial charge >= 0.3 is 0 Å². The number of hydrogen-bond acceptors (Lipinski definition) is 4. The van der Waals surface area contributed by atoms with Crippen molar-refractivity contribution >= 4 is 17.2 Å². The molecule has 3 aromatic rings. The van der Waals surface area contributed by atoms with Gasteiger partial charge in [-0.1, -0.05) is 30.3 Å². The average Bonchev–Trinajstić information content (AvgIpc) is 2.68. The van der Waals surface area contributed by atoms with Gasteiger partial charge in [0, 0.05) is 34.8 Å². The van der Waals surface area contributed by atoms with Gasteiger partial charge in [-0.3, -0.25) is 15.2 Å². The third kappa shape index (κ3) is 3.83. The minimum absolute atomic E-state index is 0.352. The number of allylic oxidation sites excluding steroid dienone is 2. The second kappa shape index (κ2) is 7.88. The molecule has 0 atom stereocenters. The van der Waals surface area contributed by atoms with Crippen LogP contribution in [-0.2, 0) is 0 Å². The maximum absolute atomic E-state index is 11.5. The minimum Gasteiger partial charge on any atom is -0.402 e. The van der Waals surface area contributed by atoms with Crippen LogP contribution in [-0.4, -0.2) is 16.6 Å². The topological polar surface area (TPSA) is 106 Å². The molecule has 0 saturated heterocycles. The van der Waals surface area contributed by atoms with Crippen LogP contribution in [0, 0.1) is 12.3 Å². The summed E-state index contributed by atoms with van der Waals surface area (Å²) in [6, 6.07) is 16.8. The van der Waals surface area contributed by atoms with Gasteiger partial charge in [0.2, 0.25) is 5.91 Å². The van der Waals surface area contributed by atoms with E-state index in [2.05, 4.69) is 4.98 Å². The summed E-state index contributed by atoms with van der Waals surface area (Å²) in [5, 5.41) is 8.60. The zero-order chi connectivity index (χ0) is 20.3. The van der Waals surface area contributed by atoms with Crippen LogP contribution >= 0.6 is 0 Å². The second-order valence-corrected chi connectivity index (χ2v) is 6.64. The number of primary amides is 1. The van der Waals surface area contributed by atoms with Gasteiger partial charge in [0.05, 0.1) is 5.71 Å². The molecule has 0 spiro atoms. The summed E-state index contributed by atoms with van der Waals surface area (Å²) >= 11 is 0. The van der Waals surface area contributed by atoms with Crippen LogP contribution in [0.15, 0.2) is 72.7 Å². The number of aromatic nitrogens is 1. The molecule has 0 aliphatic rings. The average molecular weight is 370 g/mol. The van der Waals surface area contributed by atoms with E-state index >= 15 is 0 Å². The van der Waals surface area contributed by atoms with Gasteiger partial charge in [-0.2, -0.15) is 0 Å². The van der Waals surface area contributed by atoms with E-state index in [1.807, 2.05) is 37.3 Å². The zero-order valence-electron chi connectivity index (χ0n) is 15.9. The number of carbonyl (C=O) groups is 1. The van der Waals surface area contributed by atoms with Gasteiger partial charge in [-0.15, -0.1) is 0 Å². The molecule has 1 amide bonds. The van der Waals surface area contributed by atoms with Crippen molar-refractivity contribution in [1.82, 2.24) is 4.98 Å². The number of nitrogens with one attached hydrogen (secondary N) is 1. The molecule has 3 rings (SSSR count). The Labute approximate surface area is 164 Å². The smallest absolute Gasteiger partial charge is 0.248 e. The molecule has 5 heteroatoms. The van der Waals surface area contributed by atoms with Crippen LogP contribution in [0.3, 0.4) is 0 Å². The van der Waals surface area contributed by atoms with E-state index in [-0.39, 0.29) is 0 Å². The molecule has 0 aliphatic heterocycles. The van der Waals surface area contributed by atoms with E-state index in [4.69, 9.17) is 16.9 Å². The number of pyridine rings is 1. The lowest BCUT2D eigenvalue weighted by Crippen LogP contribution is -2.10. The Hall–Kier alpha value is -3.73. The third-order valence-corrected chi connectivity index (χ3v) is 4.59. The normalized spacial score (nSPS) is 11.6. The molecular weight excluding hydrogens is 348 g/mol. The van der Waals surface area contributed by atoms with Crippen molar-refractivity contribution in [1.29, 1.82) is 5.41 Å². The molecule has 140 valence electrons. The van der Waals surface area contributed by atoms with Gasteiger partial charge in [-0.25, -0.2) is 0 Å². The van der Waals surface area contributed by atoms with Crippen LogP contribution in [0.25, 0.3) is 16.7 Å². The van der Waals surface area contributed by atoms with Crippen LogP contribution in [0.4, 0.5) is 0 Å². The number of nitrogens with two attached hydrogens (primary N) is 2. The zero-order valence-corrected chi connectivity index (χ0v) is 15.9. The first-order valence-electron chi connectivity index (χ1n) is 8.85. The van der Waals surface area contributed by atoms with Crippen LogP contribution in [0.1, 0.15) is 34.0 Å². The Morgan fingerprint density at radius 3 is 2.25 bits per heavy atom. The van der Waals surface area contributed by atoms with Crippen molar-refractivity contribution in [3.63, 3.8) is 0 Å². The standard InChI is InChI=1S/C23H22N4O/c1-14-12-18(21(15(2)24)22(25)16-8-10-27-11-9-16)6-7-20(14)17-4-3-5-19(13-17)23(26)28/h3-13,25H,24H2,1-2H3,(H2,26,28)/b21-15-,25-22?. The maximum atomic E-state index is 11.5. The van der Waals surface area contributed by atoms with Crippen molar-refractivity contribution in [2.75, 3.05) is 0 Å². The highest BCUT2D eigenvalue weighted by molar-refractivity contribution is 6.30. The van der Waals surface area contributed by atoms with Crippen molar-refractivity contribution in [3.05, 3.63) is 94.9 Å². The molecule has 28 heavy (non-hydrogen) atoms. The summed E-state index contributed by atoms with van der Waals surface area (Å²) in [7, 11) is 0. The molecule has 2 aromatic carbocycles. The molecule has 0 aliphatic carbocycles. The van der Waals surface area contributed by atoms with Crippen molar-refractivity contribution < 1.29 is 4.79 Å². The monoisotopic (exact) mass is 370 g/mol. The van der Waals surface area contributed by atoms with Crippen LogP contribution < -0.4 is 11.5 Å². The summed E-state index contributed by atoms with van der Waals surface area (Å²) in [6.07, 6.45) is 3.32. The number of amides is 1. The largest absolute Gasteiger partial charge is 0.402 e. The molecule has 0 unspecified atom stereocenters. The van der Waals surface area contributed by atoms with E-state index in [1.165, 1.54) is 0 Å². The van der Waals surface area contributed by atoms with Gasteiger partial charge in [0.25, 0.3) is 0 Å². The molecule has 0 radical (unpaired) electrons. The van der Waals surface area contributed by atoms with Gasteiger partial charge < -0.3 is 11.5 Å². The maximum Gasteiger partial charge on any atom is 0.248 e. The number of nitrogens with zero attached hydrogens (tertiary/aromatic N) is 1. The fraction of sp³-hybridized carbons (Fsp3) is 0.0870. The summed E-state index contributed by atoms with van der Waals surface area (Å²) in [5.41, 5.74) is 18.2. The summed E-state index contributed by atoms with van der Waals surface area (Å²) in [5.74, 6) is -0.453. The Morgan fingerprint density at radius 2 is 1.64 bits per heavy atom. The molecule has 0 bridgehead atoms. The molecule has 0 fully saturated rings. The number of rotatable bonds is 5. The molecule has 5 nitrogen and oxygen atoms in total.